The molecule has 1 aliphatic heterocycles. The quantitative estimate of drug-likeness (QED) is 0.840. The largest absolute Gasteiger partial charge is 0.444 e. The van der Waals surface area contributed by atoms with Gasteiger partial charge in [-0.05, 0) is 45.7 Å². The summed E-state index contributed by atoms with van der Waals surface area (Å²) in [6, 6.07) is 3.79. The van der Waals surface area contributed by atoms with Crippen molar-refractivity contribution in [2.24, 2.45) is 0 Å². The van der Waals surface area contributed by atoms with Gasteiger partial charge >= 0.3 is 6.09 Å². The molecule has 6 heteroatoms. The van der Waals surface area contributed by atoms with Gasteiger partial charge in [0.15, 0.2) is 5.78 Å². The van der Waals surface area contributed by atoms with E-state index in [-0.39, 0.29) is 17.8 Å². The van der Waals surface area contributed by atoms with Crippen molar-refractivity contribution < 1.29 is 14.3 Å². The molecular formula is C19H25N3O3. The van der Waals surface area contributed by atoms with Crippen LogP contribution in [0.15, 0.2) is 18.3 Å². The minimum atomic E-state index is -0.478. The van der Waals surface area contributed by atoms with E-state index in [0.717, 1.165) is 29.4 Å². The molecule has 2 aromatic heterocycles. The first-order valence-corrected chi connectivity index (χ1v) is 8.71. The summed E-state index contributed by atoms with van der Waals surface area (Å²) in [5.41, 5.74) is 2.04. The fraction of sp³-hybridized carbons (Fsp3) is 0.526. The highest BCUT2D eigenvalue weighted by molar-refractivity contribution is 5.98. The number of piperidine rings is 1. The number of aromatic amines is 1. The zero-order valence-corrected chi connectivity index (χ0v) is 15.3. The summed E-state index contributed by atoms with van der Waals surface area (Å²) in [4.78, 5) is 33.3. The lowest BCUT2D eigenvalue weighted by atomic mass is 9.92. The summed E-state index contributed by atoms with van der Waals surface area (Å²) in [6.07, 6.45) is 3.20. The smallest absolute Gasteiger partial charge is 0.410 e. The topological polar surface area (TPSA) is 75.3 Å². The number of H-pyrrole nitrogens is 1. The highest BCUT2D eigenvalue weighted by Gasteiger charge is 2.29. The van der Waals surface area contributed by atoms with Crippen molar-refractivity contribution in [3.63, 3.8) is 0 Å². The van der Waals surface area contributed by atoms with Crippen molar-refractivity contribution in [3.05, 3.63) is 29.7 Å². The first-order valence-electron chi connectivity index (χ1n) is 8.71. The van der Waals surface area contributed by atoms with E-state index in [9.17, 15) is 9.59 Å². The van der Waals surface area contributed by atoms with Crippen LogP contribution >= 0.6 is 0 Å². The van der Waals surface area contributed by atoms with Crippen molar-refractivity contribution in [2.75, 3.05) is 13.1 Å². The number of hydrogen-bond acceptors (Lipinski definition) is 4. The molecule has 1 fully saturated rings. The lowest BCUT2D eigenvalue weighted by Gasteiger charge is -2.33. The number of Topliss-reactive ketones (excluding diaryl/α,β-unsaturated/α-hetero) is 1. The van der Waals surface area contributed by atoms with E-state index < -0.39 is 5.60 Å². The van der Waals surface area contributed by atoms with Gasteiger partial charge in [0.05, 0.1) is 16.9 Å². The molecule has 0 unspecified atom stereocenters. The Morgan fingerprint density at radius 3 is 2.56 bits per heavy atom. The Bertz CT molecular complexity index is 796. The highest BCUT2D eigenvalue weighted by Crippen LogP contribution is 2.32. The van der Waals surface area contributed by atoms with E-state index in [1.54, 1.807) is 18.0 Å². The van der Waals surface area contributed by atoms with Gasteiger partial charge in [0.25, 0.3) is 0 Å². The Balaban J connectivity index is 1.74. The Morgan fingerprint density at radius 1 is 1.28 bits per heavy atom. The molecule has 134 valence electrons. The molecule has 0 radical (unpaired) electrons. The van der Waals surface area contributed by atoms with Gasteiger partial charge in [-0.3, -0.25) is 9.78 Å². The molecule has 0 saturated carbocycles. The number of fused-ring (bicyclic) bond motifs is 1. The lowest BCUT2D eigenvalue weighted by Crippen LogP contribution is -2.41. The number of rotatable bonds is 2. The second kappa shape index (κ2) is 6.50. The molecule has 6 nitrogen and oxygen atoms in total. The fourth-order valence-corrected chi connectivity index (χ4v) is 3.24. The third-order valence-electron chi connectivity index (χ3n) is 4.48. The normalized spacial score (nSPS) is 16.2. The molecular weight excluding hydrogens is 318 g/mol. The number of amides is 1. The standard InChI is InChI=1S/C19H25N3O3/c1-12(23)15-11-14-5-8-20-16(17(14)21-15)13-6-9-22(10-7-13)18(24)25-19(2,3)4/h5,8,11,13,21H,6-7,9-10H2,1-4H3. The van der Waals surface area contributed by atoms with Crippen LogP contribution in [0.25, 0.3) is 10.9 Å². The first kappa shape index (κ1) is 17.5. The number of ether oxygens (including phenoxy) is 1. The fourth-order valence-electron chi connectivity index (χ4n) is 3.24. The van der Waals surface area contributed by atoms with Crippen LogP contribution < -0.4 is 0 Å². The van der Waals surface area contributed by atoms with Crippen molar-refractivity contribution in [1.29, 1.82) is 0 Å². The minimum Gasteiger partial charge on any atom is -0.444 e. The molecule has 25 heavy (non-hydrogen) atoms. The SMILES string of the molecule is CC(=O)c1cc2ccnc(C3CCN(C(=O)OC(C)(C)C)CC3)c2[nH]1. The summed E-state index contributed by atoms with van der Waals surface area (Å²) in [6.45, 7) is 8.48. The van der Waals surface area contributed by atoms with Crippen LogP contribution in [-0.4, -0.2) is 45.4 Å². The maximum Gasteiger partial charge on any atom is 0.410 e. The number of hydrogen-bond donors (Lipinski definition) is 1. The summed E-state index contributed by atoms with van der Waals surface area (Å²) in [5.74, 6) is 0.280. The van der Waals surface area contributed by atoms with Gasteiger partial charge in [-0.2, -0.15) is 0 Å². The minimum absolute atomic E-state index is 0.0156. The molecule has 0 atom stereocenters. The maximum absolute atomic E-state index is 12.2. The van der Waals surface area contributed by atoms with E-state index in [1.165, 1.54) is 0 Å². The van der Waals surface area contributed by atoms with Crippen LogP contribution in [0.3, 0.4) is 0 Å². The number of likely N-dealkylation sites (tertiary alicyclic amines) is 1. The van der Waals surface area contributed by atoms with Gasteiger partial charge in [-0.15, -0.1) is 0 Å². The number of nitrogens with zero attached hydrogens (tertiary/aromatic N) is 2. The van der Waals surface area contributed by atoms with E-state index >= 15 is 0 Å². The summed E-state index contributed by atoms with van der Waals surface area (Å²) in [7, 11) is 0. The molecule has 1 amide bonds. The highest BCUT2D eigenvalue weighted by atomic mass is 16.6. The number of nitrogens with one attached hydrogen (secondary N) is 1. The zero-order valence-electron chi connectivity index (χ0n) is 15.3. The average molecular weight is 343 g/mol. The van der Waals surface area contributed by atoms with Crippen LogP contribution in [0.5, 0.6) is 0 Å². The zero-order chi connectivity index (χ0) is 18.2. The summed E-state index contributed by atoms with van der Waals surface area (Å²) < 4.78 is 5.45. The van der Waals surface area contributed by atoms with Crippen LogP contribution in [0.2, 0.25) is 0 Å². The van der Waals surface area contributed by atoms with Crippen molar-refractivity contribution >= 4 is 22.8 Å². The monoisotopic (exact) mass is 343 g/mol. The van der Waals surface area contributed by atoms with Crippen LogP contribution in [0.4, 0.5) is 4.79 Å². The van der Waals surface area contributed by atoms with Gasteiger partial charge in [0, 0.05) is 37.5 Å². The van der Waals surface area contributed by atoms with Crippen LogP contribution in [-0.2, 0) is 4.74 Å². The molecule has 0 spiro atoms. The maximum atomic E-state index is 12.2. The molecule has 2 aromatic rings. The third kappa shape index (κ3) is 3.83. The molecule has 0 aliphatic carbocycles. The Labute approximate surface area is 147 Å². The predicted molar refractivity (Wildman–Crippen MR) is 95.9 cm³/mol. The molecule has 1 aliphatic rings. The average Bonchev–Trinajstić information content (AvgIpc) is 2.98. The van der Waals surface area contributed by atoms with Gasteiger partial charge in [0.2, 0.25) is 0 Å². The van der Waals surface area contributed by atoms with E-state index in [4.69, 9.17) is 4.74 Å². The second-order valence-corrected chi connectivity index (χ2v) is 7.64. The number of ketones is 1. The summed E-state index contributed by atoms with van der Waals surface area (Å²) in [5, 5.41) is 1.00. The molecule has 1 N–H and O–H groups in total. The van der Waals surface area contributed by atoms with Gasteiger partial charge < -0.3 is 14.6 Å². The predicted octanol–water partition coefficient (Wildman–Crippen LogP) is 3.88. The first-order chi connectivity index (χ1) is 11.7. The Hall–Kier alpha value is -2.37. The molecule has 1 saturated heterocycles. The van der Waals surface area contributed by atoms with Crippen LogP contribution in [0.1, 0.15) is 62.6 Å². The van der Waals surface area contributed by atoms with Gasteiger partial charge in [-0.25, -0.2) is 4.79 Å². The summed E-state index contributed by atoms with van der Waals surface area (Å²) >= 11 is 0. The van der Waals surface area contributed by atoms with E-state index in [1.807, 2.05) is 32.9 Å². The third-order valence-corrected chi connectivity index (χ3v) is 4.48. The van der Waals surface area contributed by atoms with Gasteiger partial charge in [0.1, 0.15) is 5.60 Å². The van der Waals surface area contributed by atoms with Crippen LogP contribution in [0, 0.1) is 0 Å². The van der Waals surface area contributed by atoms with Gasteiger partial charge in [-0.1, -0.05) is 0 Å². The molecule has 0 bridgehead atoms. The number of aromatic nitrogens is 2. The van der Waals surface area contributed by atoms with Crippen molar-refractivity contribution in [2.45, 2.75) is 52.1 Å². The lowest BCUT2D eigenvalue weighted by molar-refractivity contribution is 0.0204. The Morgan fingerprint density at radius 2 is 1.96 bits per heavy atom. The van der Waals surface area contributed by atoms with E-state index in [2.05, 4.69) is 9.97 Å². The number of carbonyl (C=O) groups is 2. The number of pyridine rings is 1. The number of carbonyl (C=O) groups excluding carboxylic acids is 2. The molecule has 3 heterocycles. The van der Waals surface area contributed by atoms with Crippen molar-refractivity contribution in [3.8, 4) is 0 Å². The van der Waals surface area contributed by atoms with E-state index in [0.29, 0.717) is 18.8 Å². The molecule has 0 aromatic carbocycles. The Kier molecular flexibility index (Phi) is 4.54. The van der Waals surface area contributed by atoms with Crippen molar-refractivity contribution in [1.82, 2.24) is 14.9 Å². The second-order valence-electron chi connectivity index (χ2n) is 7.64. The molecule has 3 rings (SSSR count).